The van der Waals surface area contributed by atoms with Crippen LogP contribution in [0.2, 0.25) is 0 Å². The molecular formula is C21H23N3O3. The molecule has 0 unspecified atom stereocenters. The minimum Gasteiger partial charge on any atom is -0.491 e. The van der Waals surface area contributed by atoms with Crippen LogP contribution >= 0.6 is 0 Å². The van der Waals surface area contributed by atoms with Gasteiger partial charge in [0, 0.05) is 13.1 Å². The molecule has 2 aromatic rings. The predicted octanol–water partition coefficient (Wildman–Crippen LogP) is 3.04. The van der Waals surface area contributed by atoms with Crippen molar-refractivity contribution in [1.29, 1.82) is 0 Å². The Hall–Kier alpha value is -3.02. The molecule has 1 saturated heterocycles. The maximum Gasteiger partial charge on any atom is 0.244 e. The molecule has 0 aromatic heterocycles. The molecule has 1 fully saturated rings. The average Bonchev–Trinajstić information content (AvgIpc) is 3.16. The van der Waals surface area contributed by atoms with Crippen molar-refractivity contribution in [3.63, 3.8) is 0 Å². The van der Waals surface area contributed by atoms with Gasteiger partial charge in [0.2, 0.25) is 11.8 Å². The number of hydrogen-bond acceptors (Lipinski definition) is 4. The van der Waals surface area contributed by atoms with E-state index in [1.165, 1.54) is 17.7 Å². The minimum atomic E-state index is -0.216. The second-order valence-electron chi connectivity index (χ2n) is 6.81. The number of benzene rings is 2. The average molecular weight is 365 g/mol. The number of nitrogens with zero attached hydrogens (tertiary/aromatic N) is 2. The van der Waals surface area contributed by atoms with Gasteiger partial charge in [0.15, 0.2) is 0 Å². The van der Waals surface area contributed by atoms with Gasteiger partial charge in [-0.15, -0.1) is 0 Å². The Morgan fingerprint density at radius 2 is 1.70 bits per heavy atom. The highest BCUT2D eigenvalue weighted by Gasteiger charge is 2.25. The van der Waals surface area contributed by atoms with Crippen molar-refractivity contribution >= 4 is 28.9 Å². The fourth-order valence-electron chi connectivity index (χ4n) is 3.64. The van der Waals surface area contributed by atoms with Gasteiger partial charge in [0.05, 0.1) is 30.1 Å². The molecule has 0 saturated carbocycles. The Kier molecular flexibility index (Phi) is 4.96. The number of nitrogens with one attached hydrogen (secondary N) is 1. The van der Waals surface area contributed by atoms with Crippen LogP contribution in [0, 0.1) is 0 Å². The molecule has 2 heterocycles. The van der Waals surface area contributed by atoms with Crippen molar-refractivity contribution in [2.45, 2.75) is 19.3 Å². The number of anilines is 3. The lowest BCUT2D eigenvalue weighted by Gasteiger charge is -2.24. The Labute approximate surface area is 158 Å². The van der Waals surface area contributed by atoms with Crippen molar-refractivity contribution in [2.24, 2.45) is 0 Å². The number of carbonyl (C=O) groups is 2. The highest BCUT2D eigenvalue weighted by atomic mass is 16.5. The zero-order chi connectivity index (χ0) is 18.6. The van der Waals surface area contributed by atoms with Crippen LogP contribution in [0.1, 0.15) is 19.3 Å². The monoisotopic (exact) mass is 365 g/mol. The molecule has 6 nitrogen and oxygen atoms in total. The third-order valence-corrected chi connectivity index (χ3v) is 4.96. The zero-order valence-corrected chi connectivity index (χ0v) is 15.2. The van der Waals surface area contributed by atoms with E-state index in [1.54, 1.807) is 0 Å². The van der Waals surface area contributed by atoms with Crippen LogP contribution in [0.3, 0.4) is 0 Å². The Morgan fingerprint density at radius 3 is 2.52 bits per heavy atom. The summed E-state index contributed by atoms with van der Waals surface area (Å²) in [4.78, 5) is 29.0. The first kappa shape index (κ1) is 17.4. The highest BCUT2D eigenvalue weighted by Crippen LogP contribution is 2.32. The maximum absolute atomic E-state index is 12.8. The Balaban J connectivity index is 1.52. The fraction of sp³-hybridized carbons (Fsp3) is 0.333. The standard InChI is InChI=1S/C21H23N3O3/c25-20(22-16-7-1-2-8-17(16)23-12-5-6-13-23)15-24-18-9-3-4-10-19(18)27-14-11-21(24)26/h1-4,7-10H,5-6,11-15H2,(H,22,25). The second-order valence-corrected chi connectivity index (χ2v) is 6.81. The van der Waals surface area contributed by atoms with Gasteiger partial charge in [-0.25, -0.2) is 0 Å². The fourth-order valence-corrected chi connectivity index (χ4v) is 3.64. The van der Waals surface area contributed by atoms with Crippen molar-refractivity contribution in [1.82, 2.24) is 0 Å². The summed E-state index contributed by atoms with van der Waals surface area (Å²) in [6.45, 7) is 2.30. The third-order valence-electron chi connectivity index (χ3n) is 4.96. The molecular weight excluding hydrogens is 342 g/mol. The van der Waals surface area contributed by atoms with Crippen molar-refractivity contribution in [2.75, 3.05) is 41.4 Å². The number of carbonyl (C=O) groups excluding carboxylic acids is 2. The molecule has 6 heteroatoms. The lowest BCUT2D eigenvalue weighted by molar-refractivity contribution is -0.121. The van der Waals surface area contributed by atoms with Crippen LogP contribution in [-0.4, -0.2) is 38.1 Å². The molecule has 0 radical (unpaired) electrons. The topological polar surface area (TPSA) is 61.9 Å². The van der Waals surface area contributed by atoms with E-state index >= 15 is 0 Å². The Morgan fingerprint density at radius 1 is 1.00 bits per heavy atom. The van der Waals surface area contributed by atoms with Gasteiger partial charge < -0.3 is 15.0 Å². The summed E-state index contributed by atoms with van der Waals surface area (Å²) in [5.74, 6) is 0.309. The van der Waals surface area contributed by atoms with E-state index in [0.717, 1.165) is 24.5 Å². The summed E-state index contributed by atoms with van der Waals surface area (Å²) >= 11 is 0. The van der Waals surface area contributed by atoms with Crippen molar-refractivity contribution < 1.29 is 14.3 Å². The largest absolute Gasteiger partial charge is 0.491 e. The lowest BCUT2D eigenvalue weighted by atomic mass is 10.2. The Bertz CT molecular complexity index is 846. The van der Waals surface area contributed by atoms with E-state index < -0.39 is 0 Å². The molecule has 0 spiro atoms. The molecule has 2 aromatic carbocycles. The molecule has 27 heavy (non-hydrogen) atoms. The van der Waals surface area contributed by atoms with Crippen molar-refractivity contribution in [3.05, 3.63) is 48.5 Å². The summed E-state index contributed by atoms with van der Waals surface area (Å²) < 4.78 is 5.63. The number of ether oxygens (including phenoxy) is 1. The third kappa shape index (κ3) is 3.74. The zero-order valence-electron chi connectivity index (χ0n) is 15.2. The highest BCUT2D eigenvalue weighted by molar-refractivity contribution is 6.04. The number of para-hydroxylation sites is 4. The van der Waals surface area contributed by atoms with Crippen LogP contribution in [0.4, 0.5) is 17.1 Å². The van der Waals surface area contributed by atoms with E-state index in [-0.39, 0.29) is 24.8 Å². The van der Waals surface area contributed by atoms with Gasteiger partial charge >= 0.3 is 0 Å². The van der Waals surface area contributed by atoms with Gasteiger partial charge in [-0.3, -0.25) is 14.5 Å². The summed E-state index contributed by atoms with van der Waals surface area (Å²) in [6, 6.07) is 15.2. The molecule has 0 aliphatic carbocycles. The first-order valence-electron chi connectivity index (χ1n) is 9.38. The van der Waals surface area contributed by atoms with Crippen LogP contribution < -0.4 is 19.9 Å². The molecule has 4 rings (SSSR count). The van der Waals surface area contributed by atoms with Crippen LogP contribution in [0.5, 0.6) is 5.75 Å². The molecule has 0 bridgehead atoms. The second kappa shape index (κ2) is 7.70. The molecule has 140 valence electrons. The predicted molar refractivity (Wildman–Crippen MR) is 105 cm³/mol. The molecule has 0 atom stereocenters. The van der Waals surface area contributed by atoms with Gasteiger partial charge in [0.25, 0.3) is 0 Å². The van der Waals surface area contributed by atoms with E-state index in [0.29, 0.717) is 18.0 Å². The summed E-state index contributed by atoms with van der Waals surface area (Å²) in [6.07, 6.45) is 2.59. The molecule has 1 N–H and O–H groups in total. The van der Waals surface area contributed by atoms with E-state index in [1.807, 2.05) is 48.5 Å². The number of hydrogen-bond donors (Lipinski definition) is 1. The normalized spacial score (nSPS) is 16.5. The number of fused-ring (bicyclic) bond motifs is 1. The number of rotatable bonds is 4. The van der Waals surface area contributed by atoms with Crippen molar-refractivity contribution in [3.8, 4) is 5.75 Å². The number of amides is 2. The van der Waals surface area contributed by atoms with Gasteiger partial charge in [-0.05, 0) is 37.1 Å². The lowest BCUT2D eigenvalue weighted by Crippen LogP contribution is -2.38. The summed E-state index contributed by atoms with van der Waals surface area (Å²) in [5, 5.41) is 2.99. The van der Waals surface area contributed by atoms with Gasteiger partial charge in [0.1, 0.15) is 12.3 Å². The van der Waals surface area contributed by atoms with Gasteiger partial charge in [-0.1, -0.05) is 24.3 Å². The molecule has 2 aliphatic heterocycles. The quantitative estimate of drug-likeness (QED) is 0.905. The first-order chi connectivity index (χ1) is 13.2. The smallest absolute Gasteiger partial charge is 0.244 e. The van der Waals surface area contributed by atoms with E-state index in [2.05, 4.69) is 10.2 Å². The van der Waals surface area contributed by atoms with E-state index in [4.69, 9.17) is 4.74 Å². The van der Waals surface area contributed by atoms with E-state index in [9.17, 15) is 9.59 Å². The maximum atomic E-state index is 12.8. The molecule has 2 amide bonds. The van der Waals surface area contributed by atoms with Gasteiger partial charge in [-0.2, -0.15) is 0 Å². The first-order valence-corrected chi connectivity index (χ1v) is 9.38. The van der Waals surface area contributed by atoms with Crippen LogP contribution in [-0.2, 0) is 9.59 Å². The SMILES string of the molecule is O=C(CN1C(=O)CCOc2ccccc21)Nc1ccccc1N1CCCC1. The summed E-state index contributed by atoms with van der Waals surface area (Å²) in [5.41, 5.74) is 2.47. The van der Waals surface area contributed by atoms with Crippen LogP contribution in [0.25, 0.3) is 0 Å². The minimum absolute atomic E-state index is 0.0342. The van der Waals surface area contributed by atoms with Crippen LogP contribution in [0.15, 0.2) is 48.5 Å². The summed E-state index contributed by atoms with van der Waals surface area (Å²) in [7, 11) is 0. The molecule has 2 aliphatic rings.